The molecule has 1 aromatic carbocycles. The number of rotatable bonds is 5. The molecule has 1 aliphatic heterocycles. The molecule has 4 heteroatoms. The second-order valence-corrected chi connectivity index (χ2v) is 8.06. The van der Waals surface area contributed by atoms with Gasteiger partial charge in [-0.15, -0.1) is 0 Å². The summed E-state index contributed by atoms with van der Waals surface area (Å²) < 4.78 is 0. The lowest BCUT2D eigenvalue weighted by Crippen LogP contribution is -2.47. The summed E-state index contributed by atoms with van der Waals surface area (Å²) in [7, 11) is 0. The lowest BCUT2D eigenvalue weighted by molar-refractivity contribution is -0.141. The summed E-state index contributed by atoms with van der Waals surface area (Å²) in [4.78, 5) is 30.1. The molecule has 1 unspecified atom stereocenters. The van der Waals surface area contributed by atoms with E-state index in [2.05, 4.69) is 11.8 Å². The Morgan fingerprint density at radius 3 is 2.26 bits per heavy atom. The van der Waals surface area contributed by atoms with Crippen molar-refractivity contribution in [2.75, 3.05) is 18.0 Å². The number of carbonyl (C=O) groups excluding carboxylic acids is 2. The fraction of sp³-hybridized carbons (Fsp3) is 0.652. The zero-order valence-electron chi connectivity index (χ0n) is 16.9. The maximum atomic E-state index is 13.0. The first-order valence-electron chi connectivity index (χ1n) is 10.8. The molecule has 1 aliphatic carbocycles. The largest absolute Gasteiger partial charge is 0.339 e. The highest BCUT2D eigenvalue weighted by atomic mass is 16.2. The van der Waals surface area contributed by atoms with Crippen LogP contribution >= 0.6 is 0 Å². The van der Waals surface area contributed by atoms with Crippen LogP contribution in [0.5, 0.6) is 0 Å². The lowest BCUT2D eigenvalue weighted by Gasteiger charge is -2.39. The number of hydrogen-bond acceptors (Lipinski definition) is 2. The molecule has 1 saturated carbocycles. The molecule has 0 N–H and O–H groups in total. The van der Waals surface area contributed by atoms with Crippen molar-refractivity contribution < 1.29 is 9.59 Å². The highest BCUT2D eigenvalue weighted by molar-refractivity contribution is 5.95. The number of carbonyl (C=O) groups is 2. The first-order valence-corrected chi connectivity index (χ1v) is 10.8. The zero-order valence-corrected chi connectivity index (χ0v) is 16.9. The molecule has 0 spiro atoms. The van der Waals surface area contributed by atoms with Gasteiger partial charge in [0.1, 0.15) is 0 Å². The maximum absolute atomic E-state index is 13.0. The van der Waals surface area contributed by atoms with Crippen LogP contribution in [-0.4, -0.2) is 35.8 Å². The molecule has 148 valence electrons. The van der Waals surface area contributed by atoms with Crippen molar-refractivity contribution in [2.45, 2.75) is 71.3 Å². The molecule has 0 bridgehead atoms. The number of anilines is 1. The normalized spacial score (nSPS) is 25.9. The molecule has 27 heavy (non-hydrogen) atoms. The summed E-state index contributed by atoms with van der Waals surface area (Å²) in [6.07, 6.45) is 7.98. The van der Waals surface area contributed by atoms with E-state index in [-0.39, 0.29) is 17.7 Å². The number of nitrogens with zero attached hydrogens (tertiary/aromatic N) is 2. The number of piperidine rings is 1. The third-order valence-electron chi connectivity index (χ3n) is 6.46. The molecule has 2 amide bonds. The Hall–Kier alpha value is -1.84. The van der Waals surface area contributed by atoms with Crippen molar-refractivity contribution in [3.8, 4) is 0 Å². The summed E-state index contributed by atoms with van der Waals surface area (Å²) in [5.74, 6) is 0.743. The molecule has 1 heterocycles. The van der Waals surface area contributed by atoms with Crippen LogP contribution in [0.1, 0.15) is 65.2 Å². The average Bonchev–Trinajstić information content (AvgIpc) is 2.74. The lowest BCUT2D eigenvalue weighted by atomic mass is 9.80. The van der Waals surface area contributed by atoms with Gasteiger partial charge in [-0.1, -0.05) is 25.1 Å². The summed E-state index contributed by atoms with van der Waals surface area (Å²) in [6.45, 7) is 5.83. The zero-order chi connectivity index (χ0) is 19.2. The highest BCUT2D eigenvalue weighted by Gasteiger charge is 2.36. The van der Waals surface area contributed by atoms with Crippen LogP contribution in [0.15, 0.2) is 30.3 Å². The Morgan fingerprint density at radius 1 is 0.963 bits per heavy atom. The van der Waals surface area contributed by atoms with Crippen LogP contribution in [0.4, 0.5) is 5.69 Å². The van der Waals surface area contributed by atoms with Gasteiger partial charge in [-0.05, 0) is 70.4 Å². The summed E-state index contributed by atoms with van der Waals surface area (Å²) in [6, 6.07) is 10.4. The van der Waals surface area contributed by atoms with Gasteiger partial charge in [0.15, 0.2) is 0 Å². The van der Waals surface area contributed by atoms with E-state index < -0.39 is 0 Å². The Labute approximate surface area is 163 Å². The molecule has 1 aromatic rings. The minimum Gasteiger partial charge on any atom is -0.339 e. The van der Waals surface area contributed by atoms with Gasteiger partial charge in [0.25, 0.3) is 0 Å². The minimum atomic E-state index is 0.0533. The number of amides is 2. The Morgan fingerprint density at radius 2 is 1.63 bits per heavy atom. The third kappa shape index (κ3) is 4.53. The fourth-order valence-corrected chi connectivity index (χ4v) is 4.83. The second kappa shape index (κ2) is 9.38. The van der Waals surface area contributed by atoms with Gasteiger partial charge in [-0.2, -0.15) is 0 Å². The highest BCUT2D eigenvalue weighted by Crippen LogP contribution is 2.34. The Bertz CT molecular complexity index is 623. The van der Waals surface area contributed by atoms with Gasteiger partial charge in [0.05, 0.1) is 0 Å². The van der Waals surface area contributed by atoms with Crippen molar-refractivity contribution in [1.82, 2.24) is 4.90 Å². The molecule has 0 aromatic heterocycles. The topological polar surface area (TPSA) is 40.6 Å². The van der Waals surface area contributed by atoms with Crippen molar-refractivity contribution in [1.29, 1.82) is 0 Å². The molecule has 2 fully saturated rings. The number of benzene rings is 1. The van der Waals surface area contributed by atoms with E-state index >= 15 is 0 Å². The van der Waals surface area contributed by atoms with Crippen molar-refractivity contribution >= 4 is 17.5 Å². The van der Waals surface area contributed by atoms with E-state index in [9.17, 15) is 9.59 Å². The van der Waals surface area contributed by atoms with E-state index in [0.717, 1.165) is 57.2 Å². The smallest absolute Gasteiger partial charge is 0.230 e. The van der Waals surface area contributed by atoms with Gasteiger partial charge in [-0.25, -0.2) is 0 Å². The van der Waals surface area contributed by atoms with E-state index in [0.29, 0.717) is 18.5 Å². The third-order valence-corrected chi connectivity index (χ3v) is 6.46. The van der Waals surface area contributed by atoms with Gasteiger partial charge in [0, 0.05) is 36.7 Å². The van der Waals surface area contributed by atoms with Gasteiger partial charge in [0.2, 0.25) is 11.8 Å². The molecule has 0 radical (unpaired) electrons. The van der Waals surface area contributed by atoms with E-state index in [4.69, 9.17) is 0 Å². The summed E-state index contributed by atoms with van der Waals surface area (Å²) in [5, 5.41) is 0. The predicted octanol–water partition coefficient (Wildman–Crippen LogP) is 4.64. The van der Waals surface area contributed by atoms with E-state index in [1.807, 2.05) is 42.2 Å². The van der Waals surface area contributed by atoms with Crippen LogP contribution in [0, 0.1) is 11.8 Å². The first kappa shape index (κ1) is 19.9. The van der Waals surface area contributed by atoms with Crippen LogP contribution in [0.2, 0.25) is 0 Å². The molecular weight excluding hydrogens is 336 g/mol. The van der Waals surface area contributed by atoms with Crippen molar-refractivity contribution in [3.05, 3.63) is 30.3 Å². The predicted molar refractivity (Wildman–Crippen MR) is 110 cm³/mol. The average molecular weight is 371 g/mol. The first-order chi connectivity index (χ1) is 13.2. The van der Waals surface area contributed by atoms with Crippen molar-refractivity contribution in [3.63, 3.8) is 0 Å². The fourth-order valence-electron chi connectivity index (χ4n) is 4.83. The monoisotopic (exact) mass is 370 g/mol. The van der Waals surface area contributed by atoms with Crippen molar-refractivity contribution in [2.24, 2.45) is 11.8 Å². The van der Waals surface area contributed by atoms with Gasteiger partial charge < -0.3 is 9.80 Å². The Kier molecular flexibility index (Phi) is 6.92. The van der Waals surface area contributed by atoms with Crippen LogP contribution in [0.3, 0.4) is 0 Å². The number of hydrogen-bond donors (Lipinski definition) is 0. The molecule has 1 atom stereocenters. The Balaban J connectivity index is 1.58. The van der Waals surface area contributed by atoms with Crippen LogP contribution in [-0.2, 0) is 9.59 Å². The summed E-state index contributed by atoms with van der Waals surface area (Å²) in [5.41, 5.74) is 0.974. The van der Waals surface area contributed by atoms with E-state index in [1.54, 1.807) is 0 Å². The molecular formula is C23H34N2O2. The summed E-state index contributed by atoms with van der Waals surface area (Å²) >= 11 is 0. The van der Waals surface area contributed by atoms with Gasteiger partial charge >= 0.3 is 0 Å². The maximum Gasteiger partial charge on any atom is 0.230 e. The molecule has 3 rings (SSSR count). The number of para-hydroxylation sites is 1. The quantitative estimate of drug-likeness (QED) is 0.758. The van der Waals surface area contributed by atoms with Gasteiger partial charge in [-0.3, -0.25) is 9.59 Å². The molecule has 1 saturated heterocycles. The molecule has 2 aliphatic rings. The number of likely N-dealkylation sites (tertiary alicyclic amines) is 1. The minimum absolute atomic E-state index is 0.0533. The standard InChI is InChI=1S/C23H34N2O2/c1-3-20-10-8-9-17-25(20)23(27)19-15-13-18(14-16-19)22(26)24(4-2)21-11-6-5-7-12-21/h5-7,11-12,18-20H,3-4,8-10,13-17H2,1-2H3. The SMILES string of the molecule is CCC1CCCCN1C(=O)C1CCC(C(=O)N(CC)c2ccccc2)CC1. The molecule has 4 nitrogen and oxygen atoms in total. The van der Waals surface area contributed by atoms with E-state index in [1.165, 1.54) is 6.42 Å². The van der Waals surface area contributed by atoms with Crippen LogP contribution < -0.4 is 4.90 Å². The second-order valence-electron chi connectivity index (χ2n) is 8.06. The van der Waals surface area contributed by atoms with Crippen LogP contribution in [0.25, 0.3) is 0 Å².